The van der Waals surface area contributed by atoms with E-state index < -0.39 is 17.9 Å². The molecule has 0 aliphatic carbocycles. The van der Waals surface area contributed by atoms with Crippen molar-refractivity contribution in [3.63, 3.8) is 0 Å². The quantitative estimate of drug-likeness (QED) is 0.427. The molecule has 2 heterocycles. The minimum absolute atomic E-state index is 0.136. The predicted molar refractivity (Wildman–Crippen MR) is 95.3 cm³/mol. The molecule has 1 aliphatic heterocycles. The molecule has 0 radical (unpaired) electrons. The lowest BCUT2D eigenvalue weighted by Gasteiger charge is -2.26. The van der Waals surface area contributed by atoms with Crippen LogP contribution in [0.2, 0.25) is 0 Å². The Kier molecular flexibility index (Phi) is 7.08. The van der Waals surface area contributed by atoms with Crippen molar-refractivity contribution in [2.75, 3.05) is 18.1 Å². The summed E-state index contributed by atoms with van der Waals surface area (Å²) in [5.74, 6) is -0.421. The number of nitrogens with one attached hydrogen (secondary N) is 2. The van der Waals surface area contributed by atoms with Gasteiger partial charge in [0.1, 0.15) is 0 Å². The number of urea groups is 1. The fourth-order valence-electron chi connectivity index (χ4n) is 1.97. The maximum Gasteiger partial charge on any atom is 0.337 e. The first-order chi connectivity index (χ1) is 11.9. The SMILES string of the molecule is CCOC(=O)C1=C(CSc2nnc(SCC(N)=O)s2)NC(=O)N[C@@H]1C. The number of carbonyl (C=O) groups is 3. The van der Waals surface area contributed by atoms with E-state index in [1.54, 1.807) is 13.8 Å². The number of nitrogens with two attached hydrogens (primary N) is 1. The second kappa shape index (κ2) is 9.06. The number of esters is 1. The summed E-state index contributed by atoms with van der Waals surface area (Å²) in [6.45, 7) is 3.69. The second-order valence-electron chi connectivity index (χ2n) is 4.81. The highest BCUT2D eigenvalue weighted by molar-refractivity contribution is 8.03. The number of rotatable bonds is 8. The smallest absolute Gasteiger partial charge is 0.337 e. The molecule has 0 unspecified atom stereocenters. The van der Waals surface area contributed by atoms with Crippen molar-refractivity contribution in [2.45, 2.75) is 28.6 Å². The Morgan fingerprint density at radius 2 is 2.00 bits per heavy atom. The van der Waals surface area contributed by atoms with E-state index in [9.17, 15) is 14.4 Å². The van der Waals surface area contributed by atoms with Crippen LogP contribution in [0.1, 0.15) is 13.8 Å². The number of carbonyl (C=O) groups excluding carboxylic acids is 3. The molecule has 136 valence electrons. The number of nitrogens with zero attached hydrogens (tertiary/aromatic N) is 2. The van der Waals surface area contributed by atoms with Gasteiger partial charge in [-0.1, -0.05) is 34.9 Å². The zero-order valence-corrected chi connectivity index (χ0v) is 16.0. The van der Waals surface area contributed by atoms with E-state index in [0.29, 0.717) is 25.7 Å². The fourth-order valence-corrected chi connectivity index (χ4v) is 4.70. The van der Waals surface area contributed by atoms with Gasteiger partial charge in [-0.3, -0.25) is 4.79 Å². The van der Waals surface area contributed by atoms with Crippen molar-refractivity contribution < 1.29 is 19.1 Å². The Hall–Kier alpha value is -1.79. The zero-order valence-electron chi connectivity index (χ0n) is 13.5. The lowest BCUT2D eigenvalue weighted by molar-refractivity contribution is -0.139. The van der Waals surface area contributed by atoms with Crippen LogP contribution in [0.4, 0.5) is 4.79 Å². The molecule has 0 aromatic carbocycles. The van der Waals surface area contributed by atoms with Crippen molar-refractivity contribution in [3.05, 3.63) is 11.3 Å². The maximum atomic E-state index is 12.1. The topological polar surface area (TPSA) is 136 Å². The summed E-state index contributed by atoms with van der Waals surface area (Å²) in [5.41, 5.74) is 5.97. The number of ether oxygens (including phenoxy) is 1. The highest BCUT2D eigenvalue weighted by Crippen LogP contribution is 2.30. The van der Waals surface area contributed by atoms with Gasteiger partial charge in [-0.05, 0) is 13.8 Å². The first-order valence-corrected chi connectivity index (χ1v) is 10.0. The Balaban J connectivity index is 2.07. The molecule has 1 aromatic heterocycles. The number of aromatic nitrogens is 2. The Labute approximate surface area is 156 Å². The molecule has 25 heavy (non-hydrogen) atoms. The molecule has 4 N–H and O–H groups in total. The number of thioether (sulfide) groups is 2. The number of hydrogen-bond acceptors (Lipinski definition) is 9. The van der Waals surface area contributed by atoms with E-state index in [2.05, 4.69) is 20.8 Å². The minimum Gasteiger partial charge on any atom is -0.463 e. The number of hydrogen-bond donors (Lipinski definition) is 3. The van der Waals surface area contributed by atoms with E-state index in [-0.39, 0.29) is 18.4 Å². The van der Waals surface area contributed by atoms with Crippen LogP contribution in [-0.2, 0) is 14.3 Å². The molecule has 9 nitrogen and oxygen atoms in total. The van der Waals surface area contributed by atoms with Crippen molar-refractivity contribution in [1.82, 2.24) is 20.8 Å². The van der Waals surface area contributed by atoms with Crippen molar-refractivity contribution in [3.8, 4) is 0 Å². The van der Waals surface area contributed by atoms with Gasteiger partial charge in [-0.15, -0.1) is 10.2 Å². The van der Waals surface area contributed by atoms with Gasteiger partial charge in [0.15, 0.2) is 8.68 Å². The second-order valence-corrected chi connectivity index (χ2v) is 8.23. The third-order valence-electron chi connectivity index (χ3n) is 2.93. The lowest BCUT2D eigenvalue weighted by atomic mass is 10.1. The van der Waals surface area contributed by atoms with Gasteiger partial charge in [-0.2, -0.15) is 0 Å². The van der Waals surface area contributed by atoms with Crippen molar-refractivity contribution in [1.29, 1.82) is 0 Å². The summed E-state index contributed by atoms with van der Waals surface area (Å²) in [7, 11) is 0. The molecular formula is C13H17N5O4S3. The van der Waals surface area contributed by atoms with Crippen LogP contribution in [0.25, 0.3) is 0 Å². The van der Waals surface area contributed by atoms with Gasteiger partial charge in [-0.25, -0.2) is 9.59 Å². The van der Waals surface area contributed by atoms with Crippen LogP contribution in [-0.4, -0.2) is 52.3 Å². The monoisotopic (exact) mass is 403 g/mol. The molecule has 0 fully saturated rings. The molecule has 0 bridgehead atoms. The molecule has 0 saturated carbocycles. The van der Waals surface area contributed by atoms with Gasteiger partial charge < -0.3 is 21.1 Å². The highest BCUT2D eigenvalue weighted by Gasteiger charge is 2.29. The summed E-state index contributed by atoms with van der Waals surface area (Å²) in [6.07, 6.45) is 0. The van der Waals surface area contributed by atoms with E-state index in [1.165, 1.54) is 34.9 Å². The predicted octanol–water partition coefficient (Wildman–Crippen LogP) is 0.726. The summed E-state index contributed by atoms with van der Waals surface area (Å²) >= 11 is 3.86. The average molecular weight is 404 g/mol. The first-order valence-electron chi connectivity index (χ1n) is 7.25. The zero-order chi connectivity index (χ0) is 18.4. The van der Waals surface area contributed by atoms with Gasteiger partial charge >= 0.3 is 12.0 Å². The number of primary amides is 1. The maximum absolute atomic E-state index is 12.1. The average Bonchev–Trinajstić information content (AvgIpc) is 2.98. The van der Waals surface area contributed by atoms with Crippen molar-refractivity contribution >= 4 is 52.8 Å². The van der Waals surface area contributed by atoms with Crippen LogP contribution in [0.15, 0.2) is 19.9 Å². The molecule has 3 amide bonds. The molecular weight excluding hydrogens is 386 g/mol. The van der Waals surface area contributed by atoms with Crippen LogP contribution >= 0.6 is 34.9 Å². The molecule has 0 spiro atoms. The highest BCUT2D eigenvalue weighted by atomic mass is 32.2. The third-order valence-corrected chi connectivity index (χ3v) is 6.17. The number of amides is 3. The van der Waals surface area contributed by atoms with Gasteiger partial charge in [0.25, 0.3) is 0 Å². The molecule has 0 saturated heterocycles. The summed E-state index contributed by atoms with van der Waals surface area (Å²) in [5, 5.41) is 13.3. The molecule has 2 rings (SSSR count). The van der Waals surface area contributed by atoms with E-state index in [4.69, 9.17) is 10.5 Å². The van der Waals surface area contributed by atoms with Crippen LogP contribution in [0.5, 0.6) is 0 Å². The fraction of sp³-hybridized carbons (Fsp3) is 0.462. The Morgan fingerprint density at radius 3 is 2.64 bits per heavy atom. The third kappa shape index (κ3) is 5.61. The summed E-state index contributed by atoms with van der Waals surface area (Å²) in [6, 6.07) is -0.814. The van der Waals surface area contributed by atoms with E-state index in [1.807, 2.05) is 0 Å². The summed E-state index contributed by atoms with van der Waals surface area (Å²) < 4.78 is 6.34. The summed E-state index contributed by atoms with van der Waals surface area (Å²) in [4.78, 5) is 34.6. The first kappa shape index (κ1) is 19.5. The van der Waals surface area contributed by atoms with Crippen LogP contribution in [0.3, 0.4) is 0 Å². The van der Waals surface area contributed by atoms with E-state index >= 15 is 0 Å². The molecule has 1 atom stereocenters. The van der Waals surface area contributed by atoms with Crippen LogP contribution in [0, 0.1) is 0 Å². The molecule has 12 heteroatoms. The van der Waals surface area contributed by atoms with Crippen LogP contribution < -0.4 is 16.4 Å². The Morgan fingerprint density at radius 1 is 1.32 bits per heavy atom. The van der Waals surface area contributed by atoms with Crippen molar-refractivity contribution in [2.24, 2.45) is 5.73 Å². The van der Waals surface area contributed by atoms with Gasteiger partial charge in [0.05, 0.1) is 24.0 Å². The normalized spacial score (nSPS) is 17.0. The lowest BCUT2D eigenvalue weighted by Crippen LogP contribution is -2.49. The van der Waals surface area contributed by atoms with Gasteiger partial charge in [0.2, 0.25) is 5.91 Å². The Bertz CT molecular complexity index is 706. The molecule has 1 aliphatic rings. The largest absolute Gasteiger partial charge is 0.463 e. The van der Waals surface area contributed by atoms with Gasteiger partial charge in [0, 0.05) is 11.4 Å². The molecule has 1 aromatic rings. The van der Waals surface area contributed by atoms with E-state index in [0.717, 1.165) is 0 Å². The standard InChI is InChI=1S/C13H17N5O4S3/c1-3-22-10(20)9-6(2)15-11(21)16-7(9)4-23-12-17-18-13(25-12)24-5-8(14)19/h6H,3-5H2,1-2H3,(H2,14,19)(H2,15,16,21)/t6-/m1/s1. The minimum atomic E-state index is -0.465.